The molecule has 27 heavy (non-hydrogen) atoms. The van der Waals surface area contributed by atoms with Crippen LogP contribution in [0.15, 0.2) is 42.7 Å². The van der Waals surface area contributed by atoms with Crippen molar-refractivity contribution in [2.75, 3.05) is 39.4 Å². The molecule has 0 saturated carbocycles. The van der Waals surface area contributed by atoms with Gasteiger partial charge in [0.15, 0.2) is 0 Å². The van der Waals surface area contributed by atoms with E-state index in [0.29, 0.717) is 18.2 Å². The van der Waals surface area contributed by atoms with Gasteiger partial charge in [-0.15, -0.1) is 0 Å². The first kappa shape index (κ1) is 18.2. The van der Waals surface area contributed by atoms with Crippen molar-refractivity contribution in [3.63, 3.8) is 0 Å². The monoisotopic (exact) mass is 368 g/mol. The van der Waals surface area contributed by atoms with Crippen molar-refractivity contribution in [1.29, 1.82) is 0 Å². The first-order valence-electron chi connectivity index (χ1n) is 9.97. The number of amides is 1. The van der Waals surface area contributed by atoms with Gasteiger partial charge in [0.05, 0.1) is 31.5 Å². The van der Waals surface area contributed by atoms with Crippen molar-refractivity contribution in [1.82, 2.24) is 19.6 Å². The van der Waals surface area contributed by atoms with E-state index >= 15 is 0 Å². The summed E-state index contributed by atoms with van der Waals surface area (Å²) in [4.78, 5) is 17.6. The number of hydrogen-bond acceptors (Lipinski definition) is 4. The van der Waals surface area contributed by atoms with Crippen LogP contribution in [0.5, 0.6) is 0 Å². The Morgan fingerprint density at radius 1 is 1.11 bits per heavy atom. The molecule has 1 atom stereocenters. The summed E-state index contributed by atoms with van der Waals surface area (Å²) < 4.78 is 7.30. The van der Waals surface area contributed by atoms with Gasteiger partial charge in [0.2, 0.25) is 0 Å². The molecule has 2 fully saturated rings. The van der Waals surface area contributed by atoms with Crippen LogP contribution >= 0.6 is 0 Å². The first-order valence-corrected chi connectivity index (χ1v) is 9.97. The molecule has 2 aliphatic heterocycles. The molecule has 2 saturated heterocycles. The Kier molecular flexibility index (Phi) is 5.84. The van der Waals surface area contributed by atoms with E-state index in [-0.39, 0.29) is 5.91 Å². The van der Waals surface area contributed by atoms with E-state index in [4.69, 9.17) is 4.74 Å². The number of hydrogen-bond donors (Lipinski definition) is 0. The normalized spacial score (nSPS) is 21.3. The lowest BCUT2D eigenvalue weighted by Gasteiger charge is -2.39. The number of benzene rings is 1. The van der Waals surface area contributed by atoms with Crippen LogP contribution in [0.4, 0.5) is 0 Å². The molecule has 0 radical (unpaired) electrons. The lowest BCUT2D eigenvalue weighted by atomic mass is 10.0. The highest BCUT2D eigenvalue weighted by Gasteiger charge is 2.30. The lowest BCUT2D eigenvalue weighted by Crippen LogP contribution is -2.51. The van der Waals surface area contributed by atoms with Crippen LogP contribution < -0.4 is 0 Å². The van der Waals surface area contributed by atoms with Crippen LogP contribution in [0.3, 0.4) is 0 Å². The Hall–Kier alpha value is -2.18. The number of piperidine rings is 1. The summed E-state index contributed by atoms with van der Waals surface area (Å²) in [5, 5.41) is 4.41. The van der Waals surface area contributed by atoms with Crippen LogP contribution in [0.2, 0.25) is 0 Å². The van der Waals surface area contributed by atoms with Gasteiger partial charge in [-0.3, -0.25) is 14.4 Å². The van der Waals surface area contributed by atoms with Gasteiger partial charge in [0.25, 0.3) is 5.91 Å². The molecule has 1 unspecified atom stereocenters. The van der Waals surface area contributed by atoms with E-state index in [1.807, 2.05) is 29.1 Å². The maximum atomic E-state index is 13.1. The number of likely N-dealkylation sites (tertiary alicyclic amines) is 1. The van der Waals surface area contributed by atoms with Crippen molar-refractivity contribution in [2.45, 2.75) is 31.8 Å². The molecule has 2 aromatic rings. The third-order valence-electron chi connectivity index (χ3n) is 5.53. The highest BCUT2D eigenvalue weighted by molar-refractivity contribution is 5.94. The number of ether oxygens (including phenoxy) is 1. The van der Waals surface area contributed by atoms with Crippen molar-refractivity contribution in [3.8, 4) is 0 Å². The lowest BCUT2D eigenvalue weighted by molar-refractivity contribution is 0.0166. The summed E-state index contributed by atoms with van der Waals surface area (Å²) in [5.74, 6) is 0.118. The van der Waals surface area contributed by atoms with E-state index < -0.39 is 0 Å². The fourth-order valence-corrected chi connectivity index (χ4v) is 4.04. The first-order chi connectivity index (χ1) is 13.3. The molecular weight excluding hydrogens is 340 g/mol. The fraction of sp³-hybridized carbons (Fsp3) is 0.524. The minimum atomic E-state index is 0.118. The largest absolute Gasteiger partial charge is 0.379 e. The molecular formula is C21H28N4O2. The molecule has 1 amide bonds. The average molecular weight is 368 g/mol. The zero-order chi connectivity index (χ0) is 18.5. The summed E-state index contributed by atoms with van der Waals surface area (Å²) in [7, 11) is 0. The Labute approximate surface area is 160 Å². The highest BCUT2D eigenvalue weighted by atomic mass is 16.5. The third-order valence-corrected chi connectivity index (χ3v) is 5.53. The van der Waals surface area contributed by atoms with Crippen molar-refractivity contribution >= 4 is 5.91 Å². The molecule has 0 aliphatic carbocycles. The molecule has 1 aromatic heterocycles. The minimum Gasteiger partial charge on any atom is -0.379 e. The van der Waals surface area contributed by atoms with Crippen LogP contribution in [0, 0.1) is 0 Å². The average Bonchev–Trinajstić information content (AvgIpc) is 3.18. The van der Waals surface area contributed by atoms with E-state index in [1.165, 1.54) is 12.0 Å². The molecule has 0 N–H and O–H groups in total. The molecule has 0 spiro atoms. The fourth-order valence-electron chi connectivity index (χ4n) is 4.04. The van der Waals surface area contributed by atoms with Gasteiger partial charge < -0.3 is 9.64 Å². The molecule has 6 heteroatoms. The highest BCUT2D eigenvalue weighted by Crippen LogP contribution is 2.21. The number of rotatable bonds is 5. The molecule has 2 aliphatic rings. The summed E-state index contributed by atoms with van der Waals surface area (Å²) >= 11 is 0. The van der Waals surface area contributed by atoms with Crippen LogP contribution in [0.1, 0.15) is 35.2 Å². The summed E-state index contributed by atoms with van der Waals surface area (Å²) in [6, 6.07) is 10.5. The molecule has 3 heterocycles. The minimum absolute atomic E-state index is 0.118. The second-order valence-corrected chi connectivity index (χ2v) is 7.47. The number of carbonyl (C=O) groups excluding carboxylic acids is 1. The Bertz CT molecular complexity index is 740. The smallest absolute Gasteiger partial charge is 0.257 e. The van der Waals surface area contributed by atoms with E-state index in [0.717, 1.165) is 52.2 Å². The summed E-state index contributed by atoms with van der Waals surface area (Å²) in [5.41, 5.74) is 1.88. The van der Waals surface area contributed by atoms with Gasteiger partial charge in [-0.1, -0.05) is 30.3 Å². The Morgan fingerprint density at radius 2 is 1.93 bits per heavy atom. The summed E-state index contributed by atoms with van der Waals surface area (Å²) in [6.07, 6.45) is 6.97. The second-order valence-electron chi connectivity index (χ2n) is 7.47. The van der Waals surface area contributed by atoms with E-state index in [1.54, 1.807) is 6.20 Å². The van der Waals surface area contributed by atoms with Crippen LogP contribution in [-0.4, -0.2) is 70.9 Å². The topological polar surface area (TPSA) is 50.6 Å². The van der Waals surface area contributed by atoms with Gasteiger partial charge in [-0.05, 0) is 24.8 Å². The second kappa shape index (κ2) is 8.67. The standard InChI is InChI=1S/C21H28N4O2/c26-21(19-14-22-24(16-19)15-18-6-2-1-3-7-18)25-9-5-4-8-20(25)17-23-10-12-27-13-11-23/h1-3,6-7,14,16,20H,4-5,8-13,15,17H2. The zero-order valence-electron chi connectivity index (χ0n) is 15.8. The van der Waals surface area contributed by atoms with Gasteiger partial charge in [0, 0.05) is 38.4 Å². The molecule has 0 bridgehead atoms. The van der Waals surface area contributed by atoms with Crippen molar-refractivity contribution in [2.24, 2.45) is 0 Å². The number of nitrogens with zero attached hydrogens (tertiary/aromatic N) is 4. The van der Waals surface area contributed by atoms with Crippen LogP contribution in [-0.2, 0) is 11.3 Å². The van der Waals surface area contributed by atoms with Crippen molar-refractivity contribution in [3.05, 3.63) is 53.9 Å². The molecule has 144 valence electrons. The van der Waals surface area contributed by atoms with Gasteiger partial charge in [-0.2, -0.15) is 5.10 Å². The van der Waals surface area contributed by atoms with Gasteiger partial charge in [0.1, 0.15) is 0 Å². The predicted molar refractivity (Wildman–Crippen MR) is 104 cm³/mol. The number of aromatic nitrogens is 2. The van der Waals surface area contributed by atoms with Crippen molar-refractivity contribution < 1.29 is 9.53 Å². The summed E-state index contributed by atoms with van der Waals surface area (Å²) in [6.45, 7) is 6.01. The van der Waals surface area contributed by atoms with E-state index in [9.17, 15) is 4.79 Å². The quantitative estimate of drug-likeness (QED) is 0.812. The number of morpholine rings is 1. The third kappa shape index (κ3) is 4.57. The van der Waals surface area contributed by atoms with Gasteiger partial charge in [-0.25, -0.2) is 0 Å². The Morgan fingerprint density at radius 3 is 2.74 bits per heavy atom. The number of carbonyl (C=O) groups is 1. The maximum Gasteiger partial charge on any atom is 0.257 e. The molecule has 4 rings (SSSR count). The molecule has 1 aromatic carbocycles. The zero-order valence-corrected chi connectivity index (χ0v) is 15.8. The predicted octanol–water partition coefficient (Wildman–Crippen LogP) is 2.26. The SMILES string of the molecule is O=C(c1cnn(Cc2ccccc2)c1)N1CCCCC1CN1CCOCC1. The molecule has 6 nitrogen and oxygen atoms in total. The van der Waals surface area contributed by atoms with Crippen LogP contribution in [0.25, 0.3) is 0 Å². The van der Waals surface area contributed by atoms with E-state index in [2.05, 4.69) is 27.0 Å². The maximum absolute atomic E-state index is 13.1. The van der Waals surface area contributed by atoms with Gasteiger partial charge >= 0.3 is 0 Å². The Balaban J connectivity index is 1.42.